The molecule has 6 heteroatoms. The van der Waals surface area contributed by atoms with Crippen LogP contribution in [0.3, 0.4) is 0 Å². The molecular formula is C28H36FN3O2. The Morgan fingerprint density at radius 2 is 1.85 bits per heavy atom. The predicted molar refractivity (Wildman–Crippen MR) is 135 cm³/mol. The topological polar surface area (TPSA) is 36.0 Å². The first kappa shape index (κ1) is 23.2. The zero-order valence-corrected chi connectivity index (χ0v) is 20.4. The minimum Gasteiger partial charge on any atom is -0.493 e. The number of anilines is 2. The van der Waals surface area contributed by atoms with Crippen molar-refractivity contribution in [2.75, 3.05) is 50.1 Å². The van der Waals surface area contributed by atoms with Gasteiger partial charge < -0.3 is 19.4 Å². The molecule has 2 aromatic rings. The largest absolute Gasteiger partial charge is 0.493 e. The van der Waals surface area contributed by atoms with Gasteiger partial charge in [0, 0.05) is 36.9 Å². The summed E-state index contributed by atoms with van der Waals surface area (Å²) in [6, 6.07) is 11.5. The van der Waals surface area contributed by atoms with Crippen LogP contribution in [0.5, 0.6) is 5.75 Å². The molecule has 0 spiro atoms. The third kappa shape index (κ3) is 4.78. The number of fused-ring (bicyclic) bond motifs is 1. The fourth-order valence-corrected chi connectivity index (χ4v) is 5.67. The van der Waals surface area contributed by atoms with Gasteiger partial charge in [-0.1, -0.05) is 19.3 Å². The molecule has 2 aromatic carbocycles. The number of hydrogen-bond donors (Lipinski definition) is 0. The fraction of sp³-hybridized carbons (Fsp3) is 0.536. The molecule has 2 fully saturated rings. The molecule has 5 rings (SSSR count). The number of carbonyl (C=O) groups excluding carboxylic acids is 1. The minimum atomic E-state index is -0.262. The molecule has 2 heterocycles. The molecule has 1 saturated carbocycles. The van der Waals surface area contributed by atoms with E-state index in [1.807, 2.05) is 30.3 Å². The maximum Gasteiger partial charge on any atom is 0.258 e. The Labute approximate surface area is 202 Å². The zero-order valence-electron chi connectivity index (χ0n) is 20.4. The van der Waals surface area contributed by atoms with Crippen LogP contribution in [0.25, 0.3) is 0 Å². The third-order valence-corrected chi connectivity index (χ3v) is 7.84. The van der Waals surface area contributed by atoms with Gasteiger partial charge in [0.2, 0.25) is 0 Å². The summed E-state index contributed by atoms with van der Waals surface area (Å²) in [5.74, 6) is 1.17. The van der Waals surface area contributed by atoms with Crippen LogP contribution in [0.2, 0.25) is 0 Å². The molecular weight excluding hydrogens is 429 g/mol. The predicted octanol–water partition coefficient (Wildman–Crippen LogP) is 5.13. The first-order chi connectivity index (χ1) is 16.5. The first-order valence-corrected chi connectivity index (χ1v) is 12.8. The van der Waals surface area contributed by atoms with E-state index in [1.54, 1.807) is 4.90 Å². The molecule has 1 amide bonds. The number of halogens is 1. The Morgan fingerprint density at radius 3 is 2.59 bits per heavy atom. The Balaban J connectivity index is 1.26. The molecule has 0 aromatic heterocycles. The molecule has 0 N–H and O–H groups in total. The van der Waals surface area contributed by atoms with Crippen molar-refractivity contribution >= 4 is 17.3 Å². The van der Waals surface area contributed by atoms with Gasteiger partial charge in [0.1, 0.15) is 11.6 Å². The van der Waals surface area contributed by atoms with Crippen LogP contribution < -0.4 is 14.5 Å². The highest BCUT2D eigenvalue weighted by Crippen LogP contribution is 2.32. The lowest BCUT2D eigenvalue weighted by atomic mass is 9.90. The van der Waals surface area contributed by atoms with Gasteiger partial charge in [-0.25, -0.2) is 4.39 Å². The number of rotatable bonds is 6. The van der Waals surface area contributed by atoms with Crippen molar-refractivity contribution in [1.82, 2.24) is 4.90 Å². The van der Waals surface area contributed by atoms with Gasteiger partial charge in [0.15, 0.2) is 0 Å². The van der Waals surface area contributed by atoms with Gasteiger partial charge in [0.25, 0.3) is 5.91 Å². The van der Waals surface area contributed by atoms with Crippen LogP contribution in [-0.2, 0) is 6.42 Å². The van der Waals surface area contributed by atoms with E-state index in [1.165, 1.54) is 38.2 Å². The number of hydrogen-bond acceptors (Lipinski definition) is 4. The lowest BCUT2D eigenvalue weighted by Crippen LogP contribution is -2.37. The highest BCUT2D eigenvalue weighted by Gasteiger charge is 2.29. The maximum absolute atomic E-state index is 15.1. The summed E-state index contributed by atoms with van der Waals surface area (Å²) in [6.07, 6.45) is 8.22. The van der Waals surface area contributed by atoms with Crippen molar-refractivity contribution in [2.24, 2.45) is 5.92 Å². The van der Waals surface area contributed by atoms with E-state index in [9.17, 15) is 4.79 Å². The summed E-state index contributed by atoms with van der Waals surface area (Å²) in [7, 11) is 4.14. The summed E-state index contributed by atoms with van der Waals surface area (Å²) in [6.45, 7) is 2.98. The first-order valence-electron chi connectivity index (χ1n) is 12.8. The smallest absolute Gasteiger partial charge is 0.258 e. The van der Waals surface area contributed by atoms with Crippen molar-refractivity contribution in [1.29, 1.82) is 0 Å². The van der Waals surface area contributed by atoms with E-state index in [2.05, 4.69) is 23.9 Å². The summed E-state index contributed by atoms with van der Waals surface area (Å²) >= 11 is 0. The molecule has 1 atom stereocenters. The minimum absolute atomic E-state index is 0.0684. The highest BCUT2D eigenvalue weighted by atomic mass is 19.1. The van der Waals surface area contributed by atoms with Crippen molar-refractivity contribution < 1.29 is 13.9 Å². The molecule has 0 radical (unpaired) electrons. The second kappa shape index (κ2) is 9.95. The second-order valence-electron chi connectivity index (χ2n) is 10.3. The average Bonchev–Trinajstić information content (AvgIpc) is 3.34. The monoisotopic (exact) mass is 465 g/mol. The van der Waals surface area contributed by atoms with Crippen LogP contribution in [0, 0.1) is 11.7 Å². The molecule has 182 valence electrons. The quantitative estimate of drug-likeness (QED) is 0.593. The summed E-state index contributed by atoms with van der Waals surface area (Å²) in [5.41, 5.74) is 2.95. The van der Waals surface area contributed by atoms with Gasteiger partial charge in [-0.3, -0.25) is 4.79 Å². The van der Waals surface area contributed by atoms with Crippen LogP contribution >= 0.6 is 0 Å². The summed E-state index contributed by atoms with van der Waals surface area (Å²) in [4.78, 5) is 19.2. The summed E-state index contributed by atoms with van der Waals surface area (Å²) < 4.78 is 21.2. The Hall–Kier alpha value is -2.60. The van der Waals surface area contributed by atoms with Crippen LogP contribution in [0.4, 0.5) is 15.8 Å². The normalized spacial score (nSPS) is 21.3. The molecule has 2 aliphatic heterocycles. The summed E-state index contributed by atoms with van der Waals surface area (Å²) in [5, 5.41) is 0. The lowest BCUT2D eigenvalue weighted by Gasteiger charge is -2.30. The van der Waals surface area contributed by atoms with Gasteiger partial charge in [-0.15, -0.1) is 0 Å². The fourth-order valence-electron chi connectivity index (χ4n) is 5.67. The standard InChI is InChI=1S/C28H36FN3O2/c1-30(2)23-13-14-31(18-23)27-11-8-22(17-26(27)29)32-15-12-21-16-24(9-10-25(21)28(32)33)34-19-20-6-4-3-5-7-20/h8-11,16-17,20,23H,3-7,12-15,18-19H2,1-2H3/t23-/m1/s1. The van der Waals surface area contributed by atoms with Crippen LogP contribution in [-0.4, -0.2) is 57.2 Å². The number of benzene rings is 2. The SMILES string of the molecule is CN(C)[C@@H]1CCN(c2ccc(N3CCc4cc(OCC5CCCCC5)ccc4C3=O)cc2F)C1. The average molecular weight is 466 g/mol. The zero-order chi connectivity index (χ0) is 23.7. The third-order valence-electron chi connectivity index (χ3n) is 7.84. The second-order valence-corrected chi connectivity index (χ2v) is 10.3. The molecule has 1 aliphatic carbocycles. The van der Waals surface area contributed by atoms with Gasteiger partial charge in [-0.2, -0.15) is 0 Å². The van der Waals surface area contributed by atoms with Gasteiger partial charge in [0.05, 0.1) is 12.3 Å². The number of carbonyl (C=O) groups is 1. The van der Waals surface area contributed by atoms with E-state index in [0.29, 0.717) is 35.4 Å². The van der Waals surface area contributed by atoms with E-state index in [0.717, 1.165) is 43.9 Å². The van der Waals surface area contributed by atoms with E-state index in [4.69, 9.17) is 4.74 Å². The Kier molecular flexibility index (Phi) is 6.77. The van der Waals surface area contributed by atoms with E-state index < -0.39 is 0 Å². The molecule has 1 saturated heterocycles. The van der Waals surface area contributed by atoms with E-state index in [-0.39, 0.29) is 11.7 Å². The number of likely N-dealkylation sites (N-methyl/N-ethyl adjacent to an activating group) is 1. The van der Waals surface area contributed by atoms with E-state index >= 15 is 4.39 Å². The van der Waals surface area contributed by atoms with Crippen LogP contribution in [0.15, 0.2) is 36.4 Å². The number of amides is 1. The molecule has 3 aliphatic rings. The lowest BCUT2D eigenvalue weighted by molar-refractivity contribution is 0.0980. The Bertz CT molecular complexity index is 1030. The number of nitrogens with zero attached hydrogens (tertiary/aromatic N) is 3. The molecule has 0 unspecified atom stereocenters. The van der Waals surface area contributed by atoms with Crippen molar-refractivity contribution in [2.45, 2.75) is 51.0 Å². The van der Waals surface area contributed by atoms with Gasteiger partial charge in [-0.05, 0) is 87.7 Å². The van der Waals surface area contributed by atoms with Gasteiger partial charge >= 0.3 is 0 Å². The molecule has 0 bridgehead atoms. The van der Waals surface area contributed by atoms with Crippen molar-refractivity contribution in [3.8, 4) is 5.75 Å². The highest BCUT2D eigenvalue weighted by molar-refractivity contribution is 6.08. The van der Waals surface area contributed by atoms with Crippen molar-refractivity contribution in [3.63, 3.8) is 0 Å². The Morgan fingerprint density at radius 1 is 1.03 bits per heavy atom. The molecule has 5 nitrogen and oxygen atoms in total. The van der Waals surface area contributed by atoms with Crippen LogP contribution in [0.1, 0.15) is 54.4 Å². The maximum atomic E-state index is 15.1. The number of ether oxygens (including phenoxy) is 1. The molecule has 34 heavy (non-hydrogen) atoms. The van der Waals surface area contributed by atoms with Crippen molar-refractivity contribution in [3.05, 3.63) is 53.3 Å².